The van der Waals surface area contributed by atoms with Crippen molar-refractivity contribution in [1.29, 1.82) is 5.53 Å². The van der Waals surface area contributed by atoms with E-state index in [9.17, 15) is 0 Å². The summed E-state index contributed by atoms with van der Waals surface area (Å²) in [5.74, 6) is 67.8. The number of aliphatic imine (C=N–C) groups is 1. The first kappa shape index (κ1) is 48.8. The Morgan fingerprint density at radius 3 is 1.88 bits per heavy atom. The highest BCUT2D eigenvalue weighted by molar-refractivity contribution is 6.11. The quantitative estimate of drug-likeness (QED) is 0.102. The summed E-state index contributed by atoms with van der Waals surface area (Å²) in [4.78, 5) is 21.8. The van der Waals surface area contributed by atoms with Gasteiger partial charge in [-0.05, 0) is 196 Å². The molecule has 13 heteroatoms. The van der Waals surface area contributed by atoms with E-state index in [1.54, 1.807) is 6.92 Å². The molecule has 2 aliphatic heterocycles. The van der Waals surface area contributed by atoms with Crippen LogP contribution < -0.4 is 16.5 Å². The van der Waals surface area contributed by atoms with E-state index in [1.165, 1.54) is 11.1 Å². The van der Waals surface area contributed by atoms with Crippen molar-refractivity contribution in [3.8, 4) is 154 Å². The molecule has 1 aromatic carbocycles. The average molecular weight is 904 g/mol. The van der Waals surface area contributed by atoms with Crippen molar-refractivity contribution < 1.29 is 17.1 Å². The Kier molecular flexibility index (Phi) is 19.9. The van der Waals surface area contributed by atoms with Gasteiger partial charge in [-0.15, -0.1) is 6.42 Å². The van der Waals surface area contributed by atoms with Gasteiger partial charge in [0.1, 0.15) is 5.69 Å². The van der Waals surface area contributed by atoms with Crippen LogP contribution in [-0.4, -0.2) is 27.3 Å². The molecule has 2 aliphatic carbocycles. The number of terminal acetylenes is 1. The van der Waals surface area contributed by atoms with E-state index in [0.29, 0.717) is 12.5 Å². The highest BCUT2D eigenvalue weighted by Crippen LogP contribution is 2.55. The number of fused-ring (bicyclic) bond motifs is 3. The van der Waals surface area contributed by atoms with Crippen molar-refractivity contribution >= 4 is 11.5 Å². The van der Waals surface area contributed by atoms with Gasteiger partial charge in [-0.3, -0.25) is 15.0 Å². The molecule has 0 unspecified atom stereocenters. The molecule has 0 amide bonds. The fourth-order valence-corrected chi connectivity index (χ4v) is 7.60. The molecule has 3 aromatic rings. The predicted octanol–water partition coefficient (Wildman–Crippen LogP) is 8.74. The first-order valence-electron chi connectivity index (χ1n) is 20.7. The molecule has 1 spiro atoms. The smallest absolute Gasteiger partial charge is 0.156 e. The van der Waals surface area contributed by atoms with Gasteiger partial charge < -0.3 is 16.5 Å². The predicted molar refractivity (Wildman–Crippen MR) is 285 cm³/mol. The first-order valence-corrected chi connectivity index (χ1v) is 20.7. The second-order valence-corrected chi connectivity index (χ2v) is 14.2. The average Bonchev–Trinajstić information content (AvgIpc) is 3.92. The lowest BCUT2D eigenvalue weighted by molar-refractivity contribution is 0.148. The number of aryl methyl sites for hydroxylation is 1. The highest BCUT2D eigenvalue weighted by atomic mass is 15.6. The van der Waals surface area contributed by atoms with E-state index in [4.69, 9.17) is 32.6 Å². The normalized spacial score (nSPS) is 16.3. The van der Waals surface area contributed by atoms with Crippen LogP contribution in [0.15, 0.2) is 79.9 Å². The molecule has 5 N–H and O–H groups in total. The second-order valence-electron chi connectivity index (χ2n) is 14.2. The molecule has 7 rings (SSSR count). The van der Waals surface area contributed by atoms with Gasteiger partial charge in [-0.1, -0.05) is 35.4 Å². The Bertz CT molecular complexity index is 3400. The number of amidine groups is 1. The Balaban J connectivity index is -0.000000173. The van der Waals surface area contributed by atoms with Gasteiger partial charge in [0.2, 0.25) is 0 Å². The summed E-state index contributed by atoms with van der Waals surface area (Å²) in [5.41, 5.74) is 21.2. The second kappa shape index (κ2) is 27.7. The maximum Gasteiger partial charge on any atom is 0.156 e. The molecule has 2 aromatic heterocycles. The summed E-state index contributed by atoms with van der Waals surface area (Å²) in [5, 5.41) is 13.5. The molecule has 4 aliphatic rings. The van der Waals surface area contributed by atoms with Crippen molar-refractivity contribution in [1.82, 2.24) is 15.0 Å². The summed E-state index contributed by atoms with van der Waals surface area (Å²) < 4.78 is 0. The van der Waals surface area contributed by atoms with E-state index >= 15 is 0 Å². The molecule has 1 fully saturated rings. The molecule has 0 radical (unpaired) electrons. The first-order chi connectivity index (χ1) is 33.5. The lowest BCUT2D eigenvalue weighted by atomic mass is 9.66. The van der Waals surface area contributed by atoms with Crippen molar-refractivity contribution in [3.05, 3.63) is 82.7 Å². The number of aromatic nitrogens is 3. The van der Waals surface area contributed by atoms with Gasteiger partial charge in [-0.2, -0.15) is 5.53 Å². The molecule has 4 heterocycles. The molecule has 13 nitrogen and oxygen atoms in total. The summed E-state index contributed by atoms with van der Waals surface area (Å²) in [6.07, 6.45) is 16.6. The molecule has 0 saturated heterocycles. The van der Waals surface area contributed by atoms with Crippen molar-refractivity contribution in [3.63, 3.8) is 0 Å². The van der Waals surface area contributed by atoms with Crippen LogP contribution in [0.1, 0.15) is 102 Å². The van der Waals surface area contributed by atoms with Crippen molar-refractivity contribution in [2.24, 2.45) is 48.1 Å². The third-order valence-corrected chi connectivity index (χ3v) is 10.4. The van der Waals surface area contributed by atoms with Crippen molar-refractivity contribution in [2.75, 3.05) is 11.4 Å². The highest BCUT2D eigenvalue weighted by Gasteiger charge is 2.46. The number of rotatable bonds is 3. The van der Waals surface area contributed by atoms with Crippen LogP contribution in [-0.2, 0) is 19.4 Å². The third kappa shape index (κ3) is 14.7. The van der Waals surface area contributed by atoms with Gasteiger partial charge in [0.05, 0.1) is 29.3 Å². The molecular weight excluding hydrogens is 843 g/mol. The van der Waals surface area contributed by atoms with Gasteiger partial charge in [-0.25, -0.2) is 4.98 Å². The summed E-state index contributed by atoms with van der Waals surface area (Å²) >= 11 is 0. The van der Waals surface area contributed by atoms with Crippen LogP contribution >= 0.6 is 0 Å². The molecule has 346 valence electrons. The fraction of sp³-hybridized carbons (Fsp3) is 0.236. The number of hydrogen-bond donors (Lipinski definition) is 3. The number of benzene rings is 1. The Morgan fingerprint density at radius 1 is 0.735 bits per heavy atom. The van der Waals surface area contributed by atoms with E-state index in [1.807, 2.05) is 18.5 Å². The lowest BCUT2D eigenvalue weighted by Gasteiger charge is -2.40. The van der Waals surface area contributed by atoms with E-state index in [0.717, 1.165) is 85.8 Å². The van der Waals surface area contributed by atoms with Crippen LogP contribution in [0.5, 0.6) is 0 Å². The standard InChI is InChI=1S/C28H30N6.C27H4.H3N7.12H2/c29-26-20-6-2-1-5-19(20)15-28(26)11-9-18(10-12-28)22-16-31-25-23(33-22)17-32-27(25)34-14-4-7-21-24(34)8-3-13-30-21;1-3-5-7-9-11-13-15-17-19-21-23-25-27-26-24-22-20-18-16-14-12-10-8-6-4-2;1-3-5-7-6-4-2;;;;;;;;;;;;/h1-3,5-6,8,13,16,18,26H,4,7,9-12,14-15,17,29H2;1H,2H3;(H3,1,2,5,6);12*1H/t18?,26-,28?;;;;;;;;;;;;;;/m0............../s1. The summed E-state index contributed by atoms with van der Waals surface area (Å²) in [7, 11) is 0. The molecule has 68 heavy (non-hydrogen) atoms. The van der Waals surface area contributed by atoms with E-state index < -0.39 is 0 Å². The van der Waals surface area contributed by atoms with Gasteiger partial charge in [0, 0.05) is 95.4 Å². The summed E-state index contributed by atoms with van der Waals surface area (Å²) in [6.45, 7) is 3.27. The molecule has 1 saturated carbocycles. The molecule has 0 bridgehead atoms. The Hall–Kier alpha value is -10.2. The Morgan fingerprint density at radius 2 is 1.32 bits per heavy atom. The zero-order valence-electron chi connectivity index (χ0n) is 36.8. The number of pyridine rings is 1. The van der Waals surface area contributed by atoms with Crippen LogP contribution in [0, 0.1) is 165 Å². The zero-order valence-corrected chi connectivity index (χ0v) is 36.8. The number of nitrogens with two attached hydrogens (primary N) is 2. The topological polar surface area (TPSA) is 192 Å². The number of nitrogens with one attached hydrogen (secondary N) is 1. The zero-order chi connectivity index (χ0) is 47.9. The van der Waals surface area contributed by atoms with Crippen LogP contribution in [0.4, 0.5) is 5.69 Å². The van der Waals surface area contributed by atoms with Gasteiger partial charge in [0.15, 0.2) is 5.84 Å². The molecular formula is C55H61N13. The van der Waals surface area contributed by atoms with Gasteiger partial charge >= 0.3 is 0 Å². The minimum absolute atomic E-state index is 0. The monoisotopic (exact) mass is 904 g/mol. The minimum atomic E-state index is 0. The maximum absolute atomic E-state index is 6.78. The maximum atomic E-state index is 6.78. The minimum Gasteiger partial charge on any atom is -0.323 e. The lowest BCUT2D eigenvalue weighted by Crippen LogP contribution is -2.36. The number of anilines is 1. The van der Waals surface area contributed by atoms with Crippen LogP contribution in [0.3, 0.4) is 0 Å². The molecule has 1 atom stereocenters. The van der Waals surface area contributed by atoms with Crippen molar-refractivity contribution in [2.45, 2.75) is 70.4 Å². The SMILES string of the molecule is C#CC#CC#CC#CC#CC#CC#CC#CC#CC#CC#CC#CC#CC.N=N/N=N/N=N/N.N[C@H]1c2ccccc2CC12CCC(c1cnc3c(n1)CN=C3N1CCCc3ncccc31)CC2.[HH].[HH].[HH].[HH].[HH].[HH].[HH].[HH].[HH].[HH].[HH].[HH]. The number of nitrogens with zero attached hydrogens (tertiary/aromatic N) is 10. The van der Waals surface area contributed by atoms with Gasteiger partial charge in [0.25, 0.3) is 0 Å². The van der Waals surface area contributed by atoms with E-state index in [-0.39, 0.29) is 28.6 Å². The third-order valence-electron chi connectivity index (χ3n) is 10.4. The van der Waals surface area contributed by atoms with Crippen LogP contribution in [0.25, 0.3) is 0 Å². The Labute approximate surface area is 415 Å². The van der Waals surface area contributed by atoms with E-state index in [2.05, 4.69) is 220 Å². The van der Waals surface area contributed by atoms with Crippen LogP contribution in [0.2, 0.25) is 0 Å². The fourth-order valence-electron chi connectivity index (χ4n) is 7.60. The number of hydrogen-bond acceptors (Lipinski definition) is 8. The summed E-state index contributed by atoms with van der Waals surface area (Å²) in [6, 6.07) is 13.1. The largest absolute Gasteiger partial charge is 0.323 e.